The number of aryl methyl sites for hydroxylation is 1. The van der Waals surface area contributed by atoms with E-state index in [-0.39, 0.29) is 11.8 Å². The molecule has 1 fully saturated rings. The van der Waals surface area contributed by atoms with Gasteiger partial charge in [0.1, 0.15) is 0 Å². The van der Waals surface area contributed by atoms with Gasteiger partial charge in [0.2, 0.25) is 10.0 Å². The van der Waals surface area contributed by atoms with Crippen LogP contribution in [-0.4, -0.2) is 20.2 Å². The Morgan fingerprint density at radius 1 is 1.14 bits per heavy atom. The lowest BCUT2D eigenvalue weighted by atomic mass is 10.1. The van der Waals surface area contributed by atoms with Gasteiger partial charge in [0, 0.05) is 16.8 Å². The molecule has 2 unspecified atom stereocenters. The third-order valence-corrected chi connectivity index (χ3v) is 6.24. The summed E-state index contributed by atoms with van der Waals surface area (Å²) in [5, 5.41) is 2.04. The van der Waals surface area contributed by atoms with Gasteiger partial charge in [-0.3, -0.25) is 0 Å². The van der Waals surface area contributed by atoms with Crippen molar-refractivity contribution in [3.63, 3.8) is 0 Å². The molecule has 1 N–H and O–H groups in total. The average Bonchev–Trinajstić information content (AvgIpc) is 3.00. The average molecular weight is 321 g/mol. The largest absolute Gasteiger partial charge is 0.212 e. The number of nitrogens with one attached hydrogen (secondary N) is 1. The van der Waals surface area contributed by atoms with Crippen molar-refractivity contribution in [3.05, 3.63) is 58.3 Å². The topological polar surface area (TPSA) is 46.2 Å². The molecule has 1 aromatic carbocycles. The van der Waals surface area contributed by atoms with Crippen LogP contribution >= 0.6 is 11.3 Å². The van der Waals surface area contributed by atoms with Gasteiger partial charge in [-0.1, -0.05) is 36.4 Å². The van der Waals surface area contributed by atoms with Gasteiger partial charge in [-0.05, 0) is 36.3 Å². The lowest BCUT2D eigenvalue weighted by Crippen LogP contribution is -2.29. The SMILES string of the molecule is O=S(=O)(CCCc1ccccc1)NC1CC1c1cccs1. The molecule has 5 heteroatoms. The van der Waals surface area contributed by atoms with Crippen LogP contribution in [0.5, 0.6) is 0 Å². The van der Waals surface area contributed by atoms with Crippen molar-refractivity contribution in [2.24, 2.45) is 0 Å². The van der Waals surface area contributed by atoms with Crippen molar-refractivity contribution in [3.8, 4) is 0 Å². The summed E-state index contributed by atoms with van der Waals surface area (Å²) in [6.45, 7) is 0. The van der Waals surface area contributed by atoms with Crippen LogP contribution in [0, 0.1) is 0 Å². The number of hydrogen-bond donors (Lipinski definition) is 1. The maximum atomic E-state index is 12.1. The van der Waals surface area contributed by atoms with E-state index in [1.165, 1.54) is 10.4 Å². The molecule has 1 aliphatic rings. The molecule has 2 atom stereocenters. The summed E-state index contributed by atoms with van der Waals surface area (Å²) in [6.07, 6.45) is 2.40. The van der Waals surface area contributed by atoms with Crippen LogP contribution in [0.25, 0.3) is 0 Å². The minimum Gasteiger partial charge on any atom is -0.212 e. The van der Waals surface area contributed by atoms with E-state index in [0.717, 1.165) is 12.8 Å². The molecule has 0 spiro atoms. The van der Waals surface area contributed by atoms with E-state index in [9.17, 15) is 8.42 Å². The van der Waals surface area contributed by atoms with Crippen LogP contribution in [0.1, 0.15) is 29.2 Å². The molecule has 0 bridgehead atoms. The molecule has 2 aromatic rings. The molecule has 0 radical (unpaired) electrons. The van der Waals surface area contributed by atoms with Crippen molar-refractivity contribution < 1.29 is 8.42 Å². The van der Waals surface area contributed by atoms with E-state index in [0.29, 0.717) is 12.3 Å². The maximum absolute atomic E-state index is 12.1. The van der Waals surface area contributed by atoms with Crippen molar-refractivity contribution in [2.45, 2.75) is 31.2 Å². The van der Waals surface area contributed by atoms with Gasteiger partial charge >= 0.3 is 0 Å². The maximum Gasteiger partial charge on any atom is 0.211 e. The lowest BCUT2D eigenvalue weighted by Gasteiger charge is -2.06. The van der Waals surface area contributed by atoms with Crippen LogP contribution in [0.2, 0.25) is 0 Å². The van der Waals surface area contributed by atoms with Gasteiger partial charge in [0.25, 0.3) is 0 Å². The molecule has 112 valence electrons. The first-order valence-electron chi connectivity index (χ1n) is 7.21. The summed E-state index contributed by atoms with van der Waals surface area (Å²) in [6, 6.07) is 14.2. The Bertz CT molecular complexity index is 666. The van der Waals surface area contributed by atoms with Gasteiger partial charge in [-0.25, -0.2) is 13.1 Å². The summed E-state index contributed by atoms with van der Waals surface area (Å²) in [5.41, 5.74) is 1.19. The van der Waals surface area contributed by atoms with E-state index >= 15 is 0 Å². The second kappa shape index (κ2) is 6.30. The zero-order chi connectivity index (χ0) is 14.7. The Kier molecular flexibility index (Phi) is 4.42. The first-order chi connectivity index (χ1) is 10.1. The van der Waals surface area contributed by atoms with E-state index in [1.54, 1.807) is 11.3 Å². The second-order valence-corrected chi connectivity index (χ2v) is 8.34. The smallest absolute Gasteiger partial charge is 0.211 e. The van der Waals surface area contributed by atoms with Crippen molar-refractivity contribution in [1.82, 2.24) is 4.72 Å². The van der Waals surface area contributed by atoms with Crippen molar-refractivity contribution in [1.29, 1.82) is 0 Å². The monoisotopic (exact) mass is 321 g/mol. The molecular weight excluding hydrogens is 302 g/mol. The first-order valence-corrected chi connectivity index (χ1v) is 9.74. The Hall–Kier alpha value is -1.17. The summed E-state index contributed by atoms with van der Waals surface area (Å²) in [7, 11) is -3.16. The fraction of sp³-hybridized carbons (Fsp3) is 0.375. The highest BCUT2D eigenvalue weighted by Gasteiger charge is 2.41. The van der Waals surface area contributed by atoms with E-state index in [1.807, 2.05) is 41.8 Å². The number of benzene rings is 1. The lowest BCUT2D eigenvalue weighted by molar-refractivity contribution is 0.577. The minimum atomic E-state index is -3.16. The van der Waals surface area contributed by atoms with Crippen molar-refractivity contribution in [2.75, 3.05) is 5.75 Å². The van der Waals surface area contributed by atoms with Crippen LogP contribution in [0.4, 0.5) is 0 Å². The predicted molar refractivity (Wildman–Crippen MR) is 87.2 cm³/mol. The van der Waals surface area contributed by atoms with Crippen LogP contribution in [-0.2, 0) is 16.4 Å². The van der Waals surface area contributed by atoms with Gasteiger partial charge in [0.15, 0.2) is 0 Å². The molecule has 0 saturated heterocycles. The summed E-state index contributed by atoms with van der Waals surface area (Å²) >= 11 is 1.70. The molecule has 3 nitrogen and oxygen atoms in total. The summed E-state index contributed by atoms with van der Waals surface area (Å²) in [4.78, 5) is 1.28. The van der Waals surface area contributed by atoms with Gasteiger partial charge in [-0.2, -0.15) is 0 Å². The van der Waals surface area contributed by atoms with Crippen LogP contribution in [0.3, 0.4) is 0 Å². The molecule has 1 aromatic heterocycles. The van der Waals surface area contributed by atoms with Gasteiger partial charge < -0.3 is 0 Å². The number of sulfonamides is 1. The fourth-order valence-corrected chi connectivity index (χ4v) is 4.81. The zero-order valence-electron chi connectivity index (χ0n) is 11.7. The Morgan fingerprint density at radius 2 is 1.95 bits per heavy atom. The highest BCUT2D eigenvalue weighted by Crippen LogP contribution is 2.43. The van der Waals surface area contributed by atoms with E-state index in [2.05, 4.69) is 10.8 Å². The van der Waals surface area contributed by atoms with Gasteiger partial charge in [0.05, 0.1) is 5.75 Å². The number of rotatable bonds is 7. The summed E-state index contributed by atoms with van der Waals surface area (Å²) < 4.78 is 27.0. The summed E-state index contributed by atoms with van der Waals surface area (Å²) in [5.74, 6) is 0.587. The minimum absolute atomic E-state index is 0.102. The molecule has 0 amide bonds. The second-order valence-electron chi connectivity index (χ2n) is 5.49. The Balaban J connectivity index is 1.45. The quantitative estimate of drug-likeness (QED) is 0.851. The van der Waals surface area contributed by atoms with E-state index in [4.69, 9.17) is 0 Å². The Labute approximate surface area is 130 Å². The molecule has 1 saturated carbocycles. The van der Waals surface area contributed by atoms with E-state index < -0.39 is 10.0 Å². The number of hydrogen-bond acceptors (Lipinski definition) is 3. The third kappa shape index (κ3) is 4.15. The predicted octanol–water partition coefficient (Wildman–Crippen LogP) is 3.16. The fourth-order valence-electron chi connectivity index (χ4n) is 2.54. The molecular formula is C16H19NO2S2. The van der Waals surface area contributed by atoms with Crippen LogP contribution in [0.15, 0.2) is 47.8 Å². The molecule has 1 aliphatic carbocycles. The normalized spacial score (nSPS) is 21.3. The molecule has 21 heavy (non-hydrogen) atoms. The molecule has 0 aliphatic heterocycles. The highest BCUT2D eigenvalue weighted by molar-refractivity contribution is 7.89. The molecule has 1 heterocycles. The van der Waals surface area contributed by atoms with Crippen molar-refractivity contribution >= 4 is 21.4 Å². The zero-order valence-corrected chi connectivity index (χ0v) is 13.4. The van der Waals surface area contributed by atoms with Crippen LogP contribution < -0.4 is 4.72 Å². The van der Waals surface area contributed by atoms with Gasteiger partial charge in [-0.15, -0.1) is 11.3 Å². The Morgan fingerprint density at radius 3 is 2.67 bits per heavy atom. The number of thiophene rings is 1. The molecule has 3 rings (SSSR count). The highest BCUT2D eigenvalue weighted by atomic mass is 32.2. The standard InChI is InChI=1S/C16H19NO2S2/c18-21(19,11-5-8-13-6-2-1-3-7-13)17-15-12-14(15)16-9-4-10-20-16/h1-4,6-7,9-10,14-15,17H,5,8,11-12H2. The first kappa shape index (κ1) is 14.8. The third-order valence-electron chi connectivity index (χ3n) is 3.75.